The number of benzene rings is 1. The number of pyridine rings is 2. The van der Waals surface area contributed by atoms with E-state index < -0.39 is 11.2 Å². The third-order valence-corrected chi connectivity index (χ3v) is 5.94. The van der Waals surface area contributed by atoms with Crippen molar-refractivity contribution < 1.29 is 14.6 Å². The highest BCUT2D eigenvalue weighted by Crippen LogP contribution is 2.27. The second-order valence-corrected chi connectivity index (χ2v) is 9.31. The van der Waals surface area contributed by atoms with Gasteiger partial charge in [0.15, 0.2) is 5.82 Å². The van der Waals surface area contributed by atoms with Crippen molar-refractivity contribution >= 4 is 11.6 Å². The lowest BCUT2D eigenvalue weighted by Crippen LogP contribution is -2.22. The zero-order chi connectivity index (χ0) is 26.0. The molecule has 4 rings (SSSR count). The van der Waals surface area contributed by atoms with Crippen molar-refractivity contribution in [1.29, 1.82) is 0 Å². The van der Waals surface area contributed by atoms with E-state index in [0.717, 1.165) is 16.9 Å². The Kier molecular flexibility index (Phi) is 7.10. The Bertz CT molecular complexity index is 1480. The molecule has 9 heteroatoms. The second kappa shape index (κ2) is 10.1. The van der Waals surface area contributed by atoms with Gasteiger partial charge in [-0.05, 0) is 63.1 Å². The van der Waals surface area contributed by atoms with Crippen LogP contribution in [0, 0.1) is 13.8 Å². The highest BCUT2D eigenvalue weighted by Gasteiger charge is 2.22. The third-order valence-electron chi connectivity index (χ3n) is 5.59. The monoisotopic (exact) mass is 506 g/mol. The Morgan fingerprint density at radius 3 is 2.61 bits per heavy atom. The molecule has 1 aromatic carbocycles. The van der Waals surface area contributed by atoms with Crippen molar-refractivity contribution in [2.24, 2.45) is 0 Å². The molecule has 0 aliphatic heterocycles. The number of rotatable bonds is 7. The maximum atomic E-state index is 13.3. The van der Waals surface area contributed by atoms with Gasteiger partial charge in [-0.15, -0.1) is 0 Å². The standard InChI is InChI=1S/C27H27ClN4O4/c1-16-14-30-26(27(3,4)34)31-24(16)21-13-19(9-10-29-21)32-17(2)11-22(23(28)25(32)33)36-15-18-7-6-8-20(12-18)35-5/h6-14,34H,15H2,1-5H3. The molecule has 1 N–H and O–H groups in total. The summed E-state index contributed by atoms with van der Waals surface area (Å²) in [4.78, 5) is 26.5. The summed E-state index contributed by atoms with van der Waals surface area (Å²) in [6.07, 6.45) is 3.25. The molecule has 3 aromatic heterocycles. The van der Waals surface area contributed by atoms with E-state index in [-0.39, 0.29) is 17.5 Å². The van der Waals surface area contributed by atoms with Crippen LogP contribution in [-0.2, 0) is 12.2 Å². The zero-order valence-electron chi connectivity index (χ0n) is 20.7. The number of methoxy groups -OCH3 is 1. The van der Waals surface area contributed by atoms with Gasteiger partial charge in [-0.25, -0.2) is 9.97 Å². The van der Waals surface area contributed by atoms with Crippen molar-refractivity contribution in [3.05, 3.63) is 92.9 Å². The van der Waals surface area contributed by atoms with Gasteiger partial charge in [0, 0.05) is 24.2 Å². The molecule has 3 heterocycles. The molecule has 186 valence electrons. The number of aryl methyl sites for hydroxylation is 2. The highest BCUT2D eigenvalue weighted by molar-refractivity contribution is 6.31. The van der Waals surface area contributed by atoms with Crippen LogP contribution in [0.3, 0.4) is 0 Å². The fourth-order valence-electron chi connectivity index (χ4n) is 3.71. The number of hydrogen-bond donors (Lipinski definition) is 1. The molecule has 0 unspecified atom stereocenters. The van der Waals surface area contributed by atoms with E-state index in [1.165, 1.54) is 4.57 Å². The van der Waals surface area contributed by atoms with Crippen LogP contribution in [0.4, 0.5) is 0 Å². The first-order valence-electron chi connectivity index (χ1n) is 11.3. The van der Waals surface area contributed by atoms with Crippen LogP contribution in [0.5, 0.6) is 11.5 Å². The number of aromatic nitrogens is 4. The van der Waals surface area contributed by atoms with Crippen LogP contribution in [0.1, 0.15) is 36.5 Å². The molecule has 0 amide bonds. The summed E-state index contributed by atoms with van der Waals surface area (Å²) in [7, 11) is 1.60. The molecule has 0 fully saturated rings. The molecule has 36 heavy (non-hydrogen) atoms. The lowest BCUT2D eigenvalue weighted by atomic mass is 10.1. The average Bonchev–Trinajstić information content (AvgIpc) is 2.85. The summed E-state index contributed by atoms with van der Waals surface area (Å²) in [5.41, 5.74) is 2.38. The van der Waals surface area contributed by atoms with E-state index in [9.17, 15) is 9.90 Å². The van der Waals surface area contributed by atoms with Gasteiger partial charge in [0.25, 0.3) is 5.56 Å². The first kappa shape index (κ1) is 25.3. The number of aliphatic hydroxyl groups is 1. The smallest absolute Gasteiger partial charge is 0.277 e. The Morgan fingerprint density at radius 2 is 1.89 bits per heavy atom. The predicted molar refractivity (Wildman–Crippen MR) is 138 cm³/mol. The Morgan fingerprint density at radius 1 is 1.11 bits per heavy atom. The normalized spacial score (nSPS) is 11.4. The van der Waals surface area contributed by atoms with Gasteiger partial charge in [-0.2, -0.15) is 0 Å². The van der Waals surface area contributed by atoms with Crippen LogP contribution in [0.25, 0.3) is 17.1 Å². The first-order valence-corrected chi connectivity index (χ1v) is 11.7. The fourth-order valence-corrected chi connectivity index (χ4v) is 3.91. The minimum atomic E-state index is -1.21. The summed E-state index contributed by atoms with van der Waals surface area (Å²) in [5.74, 6) is 1.30. The summed E-state index contributed by atoms with van der Waals surface area (Å²) >= 11 is 6.45. The van der Waals surface area contributed by atoms with Crippen molar-refractivity contribution in [2.75, 3.05) is 7.11 Å². The summed E-state index contributed by atoms with van der Waals surface area (Å²) in [6.45, 7) is 7.14. The van der Waals surface area contributed by atoms with Crippen LogP contribution < -0.4 is 15.0 Å². The number of ether oxygens (including phenoxy) is 2. The molecule has 0 bridgehead atoms. The Hall–Kier alpha value is -3.75. The van der Waals surface area contributed by atoms with Crippen LogP contribution in [-0.4, -0.2) is 31.7 Å². The minimum Gasteiger partial charge on any atom is -0.497 e. The largest absolute Gasteiger partial charge is 0.497 e. The number of nitrogens with zero attached hydrogens (tertiary/aromatic N) is 4. The minimum absolute atomic E-state index is 0.0237. The van der Waals surface area contributed by atoms with Gasteiger partial charge in [0.05, 0.1) is 24.2 Å². The highest BCUT2D eigenvalue weighted by atomic mass is 35.5. The number of hydrogen-bond acceptors (Lipinski definition) is 7. The second-order valence-electron chi connectivity index (χ2n) is 8.93. The van der Waals surface area contributed by atoms with Crippen LogP contribution in [0.2, 0.25) is 5.02 Å². The van der Waals surface area contributed by atoms with E-state index in [4.69, 9.17) is 21.1 Å². The quantitative estimate of drug-likeness (QED) is 0.385. The van der Waals surface area contributed by atoms with Gasteiger partial charge in [-0.3, -0.25) is 14.3 Å². The fraction of sp³-hybridized carbons (Fsp3) is 0.259. The molecule has 4 aromatic rings. The summed E-state index contributed by atoms with van der Waals surface area (Å²) < 4.78 is 12.6. The third kappa shape index (κ3) is 5.24. The Balaban J connectivity index is 1.69. The van der Waals surface area contributed by atoms with Gasteiger partial charge < -0.3 is 14.6 Å². The van der Waals surface area contributed by atoms with Gasteiger partial charge >= 0.3 is 0 Å². The molecule has 0 saturated heterocycles. The maximum absolute atomic E-state index is 13.3. The molecule has 0 aliphatic rings. The molecule has 0 radical (unpaired) electrons. The van der Waals surface area contributed by atoms with Crippen molar-refractivity contribution in [1.82, 2.24) is 19.5 Å². The molecule has 0 saturated carbocycles. The van der Waals surface area contributed by atoms with E-state index in [1.807, 2.05) is 31.2 Å². The van der Waals surface area contributed by atoms with Crippen LogP contribution in [0.15, 0.2) is 59.7 Å². The van der Waals surface area contributed by atoms with Crippen LogP contribution >= 0.6 is 11.6 Å². The zero-order valence-corrected chi connectivity index (χ0v) is 21.5. The lowest BCUT2D eigenvalue weighted by molar-refractivity contribution is 0.0688. The summed E-state index contributed by atoms with van der Waals surface area (Å²) in [6, 6.07) is 12.7. The van der Waals surface area contributed by atoms with Gasteiger partial charge in [-0.1, -0.05) is 23.7 Å². The van der Waals surface area contributed by atoms with Gasteiger partial charge in [0.2, 0.25) is 0 Å². The molecule has 8 nitrogen and oxygen atoms in total. The first-order chi connectivity index (χ1) is 17.1. The lowest BCUT2D eigenvalue weighted by Gasteiger charge is -2.17. The predicted octanol–water partition coefficient (Wildman–Crippen LogP) is 4.77. The molecule has 0 aliphatic carbocycles. The summed E-state index contributed by atoms with van der Waals surface area (Å²) in [5, 5.41) is 10.3. The van der Waals surface area contributed by atoms with Crippen molar-refractivity contribution in [2.45, 2.75) is 39.9 Å². The molecular formula is C27H27ClN4O4. The maximum Gasteiger partial charge on any atom is 0.277 e. The Labute approximate surface area is 214 Å². The topological polar surface area (TPSA) is 99.4 Å². The van der Waals surface area contributed by atoms with E-state index >= 15 is 0 Å². The van der Waals surface area contributed by atoms with E-state index in [2.05, 4.69) is 15.0 Å². The van der Waals surface area contributed by atoms with Gasteiger partial charge in [0.1, 0.15) is 28.7 Å². The van der Waals surface area contributed by atoms with E-state index in [0.29, 0.717) is 28.5 Å². The molecule has 0 atom stereocenters. The number of halogens is 1. The average molecular weight is 507 g/mol. The van der Waals surface area contributed by atoms with E-state index in [1.54, 1.807) is 58.5 Å². The van der Waals surface area contributed by atoms with Crippen molar-refractivity contribution in [3.63, 3.8) is 0 Å². The SMILES string of the molecule is COc1cccc(COc2cc(C)n(-c3ccnc(-c4nc(C(C)(C)O)ncc4C)c3)c(=O)c2Cl)c1. The van der Waals surface area contributed by atoms with Crippen molar-refractivity contribution in [3.8, 4) is 28.6 Å². The molecule has 0 spiro atoms. The molecular weight excluding hydrogens is 480 g/mol.